The van der Waals surface area contributed by atoms with Gasteiger partial charge in [0.2, 0.25) is 10.0 Å². The first-order chi connectivity index (χ1) is 14.2. The smallest absolute Gasteiger partial charge is 0.368 e. The van der Waals surface area contributed by atoms with Gasteiger partial charge in [-0.1, -0.05) is 18.2 Å². The van der Waals surface area contributed by atoms with Gasteiger partial charge in [-0.3, -0.25) is 4.90 Å². The summed E-state index contributed by atoms with van der Waals surface area (Å²) in [6, 6.07) is 7.53. The Labute approximate surface area is 175 Å². The molecule has 0 saturated carbocycles. The zero-order chi connectivity index (χ0) is 23.0. The lowest BCUT2D eigenvalue weighted by molar-refractivity contribution is -0.138. The molecule has 31 heavy (non-hydrogen) atoms. The Morgan fingerprint density at radius 1 is 0.871 bits per heavy atom. The van der Waals surface area contributed by atoms with Crippen molar-refractivity contribution in [1.82, 2.24) is 4.90 Å². The lowest BCUT2D eigenvalue weighted by Gasteiger charge is -2.37. The predicted molar refractivity (Wildman–Crippen MR) is 102 cm³/mol. The minimum absolute atomic E-state index is 0.168. The SMILES string of the molecule is NS(=O)(=O)c1ccc(N2CCN(Cc3cccc(C(F)(F)F)c3)CC2)c(C(F)(F)F)c1. The Hall–Kier alpha value is -2.31. The van der Waals surface area contributed by atoms with Crippen molar-refractivity contribution in [3.8, 4) is 0 Å². The lowest BCUT2D eigenvalue weighted by Crippen LogP contribution is -2.46. The fraction of sp³-hybridized carbons (Fsp3) is 0.368. The number of hydrogen-bond acceptors (Lipinski definition) is 4. The summed E-state index contributed by atoms with van der Waals surface area (Å²) >= 11 is 0. The van der Waals surface area contributed by atoms with E-state index in [0.29, 0.717) is 24.7 Å². The highest BCUT2D eigenvalue weighted by atomic mass is 32.2. The normalized spacial score (nSPS) is 16.5. The molecule has 0 atom stereocenters. The number of piperazine rings is 1. The van der Waals surface area contributed by atoms with E-state index in [1.54, 1.807) is 6.07 Å². The molecule has 1 aliphatic heterocycles. The van der Waals surface area contributed by atoms with Crippen LogP contribution in [0.25, 0.3) is 0 Å². The van der Waals surface area contributed by atoms with Crippen LogP contribution < -0.4 is 10.0 Å². The third-order valence-electron chi connectivity index (χ3n) is 4.98. The molecular formula is C19H19F6N3O2S. The minimum Gasteiger partial charge on any atom is -0.368 e. The molecule has 0 spiro atoms. The van der Waals surface area contributed by atoms with Crippen LogP contribution in [-0.2, 0) is 28.9 Å². The van der Waals surface area contributed by atoms with Gasteiger partial charge >= 0.3 is 12.4 Å². The number of benzene rings is 2. The van der Waals surface area contributed by atoms with Crippen LogP contribution in [0, 0.1) is 0 Å². The summed E-state index contributed by atoms with van der Waals surface area (Å²) < 4.78 is 102. The number of primary sulfonamides is 1. The number of halogens is 6. The molecule has 170 valence electrons. The van der Waals surface area contributed by atoms with E-state index in [1.165, 1.54) is 11.0 Å². The summed E-state index contributed by atoms with van der Waals surface area (Å²) in [4.78, 5) is 2.68. The van der Waals surface area contributed by atoms with E-state index in [1.807, 2.05) is 4.90 Å². The average molecular weight is 467 g/mol. The van der Waals surface area contributed by atoms with Gasteiger partial charge in [-0.05, 0) is 29.8 Å². The van der Waals surface area contributed by atoms with Crippen molar-refractivity contribution < 1.29 is 34.8 Å². The zero-order valence-corrected chi connectivity index (χ0v) is 16.9. The van der Waals surface area contributed by atoms with Gasteiger partial charge in [-0.15, -0.1) is 0 Å². The van der Waals surface area contributed by atoms with Crippen LogP contribution in [0.5, 0.6) is 0 Å². The topological polar surface area (TPSA) is 66.6 Å². The van der Waals surface area contributed by atoms with E-state index < -0.39 is 38.4 Å². The number of nitrogens with two attached hydrogens (primary N) is 1. The molecule has 0 bridgehead atoms. The number of anilines is 1. The zero-order valence-electron chi connectivity index (χ0n) is 16.0. The number of sulfonamides is 1. The number of hydrogen-bond donors (Lipinski definition) is 1. The second-order valence-electron chi connectivity index (χ2n) is 7.18. The molecule has 2 aromatic rings. The highest BCUT2D eigenvalue weighted by Crippen LogP contribution is 2.38. The first kappa shape index (κ1) is 23.4. The molecule has 1 aliphatic rings. The predicted octanol–water partition coefficient (Wildman–Crippen LogP) is 3.69. The van der Waals surface area contributed by atoms with Crippen LogP contribution in [0.2, 0.25) is 0 Å². The maximum atomic E-state index is 13.5. The summed E-state index contributed by atoms with van der Waals surface area (Å²) in [5.41, 5.74) is -1.57. The highest BCUT2D eigenvalue weighted by Gasteiger charge is 2.37. The Balaban J connectivity index is 1.74. The molecule has 5 nitrogen and oxygen atoms in total. The van der Waals surface area contributed by atoms with Crippen molar-refractivity contribution in [3.05, 3.63) is 59.2 Å². The second kappa shape index (κ2) is 8.32. The lowest BCUT2D eigenvalue weighted by atomic mass is 10.1. The Kier molecular flexibility index (Phi) is 6.27. The van der Waals surface area contributed by atoms with Gasteiger partial charge in [-0.2, -0.15) is 26.3 Å². The number of rotatable bonds is 4. The summed E-state index contributed by atoms with van der Waals surface area (Å²) in [7, 11) is -4.30. The molecule has 0 radical (unpaired) electrons. The van der Waals surface area contributed by atoms with E-state index in [0.717, 1.165) is 24.3 Å². The summed E-state index contributed by atoms with van der Waals surface area (Å²) in [6.45, 7) is 1.26. The third kappa shape index (κ3) is 5.69. The third-order valence-corrected chi connectivity index (χ3v) is 5.89. The van der Waals surface area contributed by atoms with E-state index in [2.05, 4.69) is 0 Å². The van der Waals surface area contributed by atoms with E-state index >= 15 is 0 Å². The molecule has 1 heterocycles. The molecular weight excluding hydrogens is 448 g/mol. The van der Waals surface area contributed by atoms with Crippen LogP contribution >= 0.6 is 0 Å². The van der Waals surface area contributed by atoms with Gasteiger partial charge in [0.1, 0.15) is 0 Å². The van der Waals surface area contributed by atoms with Crippen LogP contribution in [0.3, 0.4) is 0 Å². The fourth-order valence-electron chi connectivity index (χ4n) is 3.45. The van der Waals surface area contributed by atoms with E-state index in [4.69, 9.17) is 5.14 Å². The monoisotopic (exact) mass is 467 g/mol. The van der Waals surface area contributed by atoms with Crippen LogP contribution in [0.15, 0.2) is 47.4 Å². The molecule has 0 amide bonds. The van der Waals surface area contributed by atoms with Gasteiger partial charge in [0, 0.05) is 38.4 Å². The second-order valence-corrected chi connectivity index (χ2v) is 8.74. The molecule has 0 aliphatic carbocycles. The van der Waals surface area contributed by atoms with E-state index in [-0.39, 0.29) is 25.3 Å². The maximum Gasteiger partial charge on any atom is 0.418 e. The Bertz CT molecular complexity index is 1050. The first-order valence-corrected chi connectivity index (χ1v) is 10.7. The van der Waals surface area contributed by atoms with Gasteiger partial charge < -0.3 is 4.90 Å². The minimum atomic E-state index is -4.79. The largest absolute Gasteiger partial charge is 0.418 e. The van der Waals surface area contributed by atoms with Crippen molar-refractivity contribution in [3.63, 3.8) is 0 Å². The summed E-state index contributed by atoms with van der Waals surface area (Å²) in [5.74, 6) is 0. The Morgan fingerprint density at radius 3 is 2.06 bits per heavy atom. The molecule has 12 heteroatoms. The molecule has 1 saturated heterocycles. The van der Waals surface area contributed by atoms with Crippen molar-refractivity contribution in [2.75, 3.05) is 31.1 Å². The molecule has 0 aromatic heterocycles. The molecule has 3 rings (SSSR count). The molecule has 0 unspecified atom stereocenters. The first-order valence-electron chi connectivity index (χ1n) is 9.12. The number of nitrogens with zero attached hydrogens (tertiary/aromatic N) is 2. The van der Waals surface area contributed by atoms with Gasteiger partial charge in [0.25, 0.3) is 0 Å². The summed E-state index contributed by atoms with van der Waals surface area (Å²) in [5, 5.41) is 4.94. The number of alkyl halides is 6. The van der Waals surface area contributed by atoms with Gasteiger partial charge in [-0.25, -0.2) is 13.6 Å². The maximum absolute atomic E-state index is 13.5. The standard InChI is InChI=1S/C19H19F6N3O2S/c20-18(21,22)14-3-1-2-13(10-14)12-27-6-8-28(9-7-27)17-5-4-15(31(26,29)30)11-16(17)19(23,24)25/h1-5,10-11H,6-9,12H2,(H2,26,29,30). The molecule has 2 aromatic carbocycles. The van der Waals surface area contributed by atoms with Crippen molar-refractivity contribution >= 4 is 15.7 Å². The van der Waals surface area contributed by atoms with E-state index in [9.17, 15) is 34.8 Å². The average Bonchev–Trinajstić information content (AvgIpc) is 2.66. The van der Waals surface area contributed by atoms with Crippen molar-refractivity contribution in [2.24, 2.45) is 5.14 Å². The molecule has 2 N–H and O–H groups in total. The quantitative estimate of drug-likeness (QED) is 0.697. The van der Waals surface area contributed by atoms with Gasteiger partial charge in [0.05, 0.1) is 16.0 Å². The van der Waals surface area contributed by atoms with Crippen molar-refractivity contribution in [1.29, 1.82) is 0 Å². The van der Waals surface area contributed by atoms with Crippen LogP contribution in [0.4, 0.5) is 32.0 Å². The highest BCUT2D eigenvalue weighted by molar-refractivity contribution is 7.89. The van der Waals surface area contributed by atoms with Crippen LogP contribution in [-0.4, -0.2) is 39.5 Å². The molecule has 1 fully saturated rings. The van der Waals surface area contributed by atoms with Gasteiger partial charge in [0.15, 0.2) is 0 Å². The summed E-state index contributed by atoms with van der Waals surface area (Å²) in [6.07, 6.45) is -9.24. The fourth-order valence-corrected chi connectivity index (χ4v) is 3.99. The Morgan fingerprint density at radius 2 is 1.52 bits per heavy atom. The van der Waals surface area contributed by atoms with Crippen molar-refractivity contribution in [2.45, 2.75) is 23.8 Å². The van der Waals surface area contributed by atoms with Crippen LogP contribution in [0.1, 0.15) is 16.7 Å².